The Morgan fingerprint density at radius 1 is 1.23 bits per heavy atom. The van der Waals surface area contributed by atoms with Gasteiger partial charge < -0.3 is 34.3 Å². The number of carbonyl (C=O) groups is 1. The third-order valence-electron chi connectivity index (χ3n) is 5.62. The van der Waals surface area contributed by atoms with Crippen molar-refractivity contribution in [1.29, 1.82) is 0 Å². The van der Waals surface area contributed by atoms with E-state index in [4.69, 9.17) is 14.2 Å². The number of aromatic nitrogens is 2. The highest BCUT2D eigenvalue weighted by Crippen LogP contribution is 2.31. The number of aliphatic hydroxyl groups is 3. The first-order valence-corrected chi connectivity index (χ1v) is 12.0. The zero-order valence-electron chi connectivity index (χ0n) is 19.9. The molecule has 0 spiro atoms. The van der Waals surface area contributed by atoms with E-state index >= 15 is 0 Å². The van der Waals surface area contributed by atoms with Crippen LogP contribution in [0.3, 0.4) is 0 Å². The summed E-state index contributed by atoms with van der Waals surface area (Å²) in [5.74, 6) is -0.288. The van der Waals surface area contributed by atoms with Gasteiger partial charge in [0.25, 0.3) is 0 Å². The first-order chi connectivity index (χ1) is 16.5. The number of aliphatic hydroxyl groups excluding tert-OH is 3. The summed E-state index contributed by atoms with van der Waals surface area (Å²) in [7, 11) is 0. The van der Waals surface area contributed by atoms with Crippen molar-refractivity contribution >= 4 is 22.1 Å². The van der Waals surface area contributed by atoms with Crippen molar-refractivity contribution in [3.8, 4) is 5.88 Å². The second-order valence-corrected chi connectivity index (χ2v) is 9.31. The molecule has 5 atom stereocenters. The average Bonchev–Trinajstić information content (AvgIpc) is 3.11. The predicted molar refractivity (Wildman–Crippen MR) is 125 cm³/mol. The molecule has 1 saturated heterocycles. The molecule has 2 aromatic rings. The Kier molecular flexibility index (Phi) is 9.11. The van der Waals surface area contributed by atoms with Crippen LogP contribution < -0.4 is 4.74 Å². The van der Waals surface area contributed by atoms with E-state index in [1.54, 1.807) is 23.7 Å². The van der Waals surface area contributed by atoms with E-state index in [1.165, 1.54) is 6.07 Å². The van der Waals surface area contributed by atoms with Gasteiger partial charge in [-0.3, -0.25) is 4.68 Å². The van der Waals surface area contributed by atoms with Crippen molar-refractivity contribution in [3.05, 3.63) is 45.3 Å². The van der Waals surface area contributed by atoms with Crippen molar-refractivity contribution in [2.45, 2.75) is 70.9 Å². The maximum Gasteiger partial charge on any atom is 0.508 e. The predicted octanol–water partition coefficient (Wildman–Crippen LogP) is 2.62. The molecule has 3 rings (SSSR count). The van der Waals surface area contributed by atoms with E-state index in [-0.39, 0.29) is 24.9 Å². The van der Waals surface area contributed by atoms with Crippen molar-refractivity contribution < 1.29 is 43.5 Å². The number of hydrogen-bond acceptors (Lipinski definition) is 9. The number of nitrogens with zero attached hydrogens (tertiary/aromatic N) is 2. The Morgan fingerprint density at radius 3 is 2.57 bits per heavy atom. The topological polar surface area (TPSA) is 132 Å². The second kappa shape index (κ2) is 11.7. The van der Waals surface area contributed by atoms with E-state index in [0.717, 1.165) is 5.69 Å². The lowest BCUT2D eigenvalue weighted by atomic mass is 9.99. The minimum absolute atomic E-state index is 0.0249. The van der Waals surface area contributed by atoms with Gasteiger partial charge >= 0.3 is 6.16 Å². The number of halogens is 2. The summed E-state index contributed by atoms with van der Waals surface area (Å²) < 4.78 is 37.3. The number of rotatable bonds is 8. The molecule has 10 nitrogen and oxygen atoms in total. The summed E-state index contributed by atoms with van der Waals surface area (Å²) in [4.78, 5) is 11.5. The van der Waals surface area contributed by atoms with Gasteiger partial charge in [0.05, 0.1) is 11.1 Å². The van der Waals surface area contributed by atoms with Crippen LogP contribution in [0.1, 0.15) is 43.6 Å². The Hall–Kier alpha value is -2.25. The van der Waals surface area contributed by atoms with Crippen LogP contribution in [0.2, 0.25) is 0 Å². The third kappa shape index (κ3) is 6.31. The van der Waals surface area contributed by atoms with Gasteiger partial charge in [-0.1, -0.05) is 6.07 Å². The van der Waals surface area contributed by atoms with Crippen LogP contribution in [0.25, 0.3) is 0 Å². The van der Waals surface area contributed by atoms with Crippen molar-refractivity contribution in [3.63, 3.8) is 0 Å². The van der Waals surface area contributed by atoms with E-state index in [2.05, 4.69) is 25.8 Å². The summed E-state index contributed by atoms with van der Waals surface area (Å²) >= 11 is 3.14. The molecule has 0 bridgehead atoms. The van der Waals surface area contributed by atoms with Crippen LogP contribution in [0, 0.1) is 12.7 Å². The molecule has 2 heterocycles. The lowest BCUT2D eigenvalue weighted by Gasteiger charge is -2.39. The summed E-state index contributed by atoms with van der Waals surface area (Å²) in [6, 6.07) is 4.74. The standard InChI is InChI=1S/C23H30BrFN2O8/c1-5-32-23(31)33-10-17-18(28)19(29)20(30)22(34-17)35-21-14(12(4)27(26-21)11(2)3)8-13-6-7-15(24)16(25)9-13/h6-7,9,11,17-20,22,28-30H,5,8,10H2,1-4H3/t17-,18-,19+,20-,22+/m1/s1. The number of benzene rings is 1. The average molecular weight is 561 g/mol. The highest BCUT2D eigenvalue weighted by molar-refractivity contribution is 9.10. The quantitative estimate of drug-likeness (QED) is 0.416. The molecule has 194 valence electrons. The lowest BCUT2D eigenvalue weighted by Crippen LogP contribution is -2.60. The Bertz CT molecular complexity index is 1030. The molecule has 0 saturated carbocycles. The normalized spacial score (nSPS) is 24.5. The minimum Gasteiger partial charge on any atom is -0.443 e. The Balaban J connectivity index is 1.85. The highest BCUT2D eigenvalue weighted by Gasteiger charge is 2.46. The smallest absolute Gasteiger partial charge is 0.443 e. The molecule has 0 aliphatic carbocycles. The van der Waals surface area contributed by atoms with E-state index in [1.807, 2.05) is 20.8 Å². The molecule has 1 fully saturated rings. The Morgan fingerprint density at radius 2 is 1.94 bits per heavy atom. The molecule has 0 unspecified atom stereocenters. The molecule has 1 aromatic heterocycles. The first kappa shape index (κ1) is 27.3. The van der Waals surface area contributed by atoms with Gasteiger partial charge in [-0.25, -0.2) is 9.18 Å². The lowest BCUT2D eigenvalue weighted by molar-refractivity contribution is -0.278. The minimum atomic E-state index is -1.64. The molecular weight excluding hydrogens is 531 g/mol. The van der Waals surface area contributed by atoms with Gasteiger partial charge in [0.2, 0.25) is 12.2 Å². The molecule has 0 radical (unpaired) electrons. The first-order valence-electron chi connectivity index (χ1n) is 11.2. The van der Waals surface area contributed by atoms with Crippen molar-refractivity contribution in [2.75, 3.05) is 13.2 Å². The fraction of sp³-hybridized carbons (Fsp3) is 0.565. The molecule has 1 aliphatic rings. The Labute approximate surface area is 210 Å². The van der Waals surface area contributed by atoms with E-state index in [0.29, 0.717) is 15.6 Å². The molecular formula is C23H30BrFN2O8. The number of carbonyl (C=O) groups excluding carboxylic acids is 1. The van der Waals surface area contributed by atoms with Crippen molar-refractivity contribution in [1.82, 2.24) is 9.78 Å². The van der Waals surface area contributed by atoms with Gasteiger partial charge in [-0.2, -0.15) is 0 Å². The summed E-state index contributed by atoms with van der Waals surface area (Å²) in [6.45, 7) is 6.98. The fourth-order valence-electron chi connectivity index (χ4n) is 3.75. The van der Waals surface area contributed by atoms with Crippen LogP contribution in [0.15, 0.2) is 22.7 Å². The number of ether oxygens (including phenoxy) is 4. The van der Waals surface area contributed by atoms with E-state index < -0.39 is 49.3 Å². The summed E-state index contributed by atoms with van der Waals surface area (Å²) in [5.41, 5.74) is 2.07. The largest absolute Gasteiger partial charge is 0.508 e. The molecule has 1 aliphatic heterocycles. The maximum absolute atomic E-state index is 14.1. The zero-order valence-corrected chi connectivity index (χ0v) is 21.4. The number of hydrogen-bond donors (Lipinski definition) is 3. The van der Waals surface area contributed by atoms with Gasteiger partial charge in [-0.05, 0) is 61.3 Å². The van der Waals surface area contributed by atoms with Crippen LogP contribution in [0.5, 0.6) is 5.88 Å². The summed E-state index contributed by atoms with van der Waals surface area (Å²) in [5, 5.41) is 35.6. The van der Waals surface area contributed by atoms with Gasteiger partial charge in [0.1, 0.15) is 36.8 Å². The molecule has 0 amide bonds. The fourth-order valence-corrected chi connectivity index (χ4v) is 4.00. The van der Waals surface area contributed by atoms with Crippen LogP contribution in [-0.4, -0.2) is 75.2 Å². The summed E-state index contributed by atoms with van der Waals surface area (Å²) in [6.07, 6.45) is -8.11. The maximum atomic E-state index is 14.1. The molecule has 3 N–H and O–H groups in total. The second-order valence-electron chi connectivity index (χ2n) is 8.46. The molecule has 35 heavy (non-hydrogen) atoms. The van der Waals surface area contributed by atoms with Crippen LogP contribution in [0.4, 0.5) is 9.18 Å². The zero-order chi connectivity index (χ0) is 25.9. The van der Waals surface area contributed by atoms with Crippen LogP contribution >= 0.6 is 15.9 Å². The van der Waals surface area contributed by atoms with Crippen LogP contribution in [-0.2, 0) is 20.6 Å². The molecule has 12 heteroatoms. The monoisotopic (exact) mass is 560 g/mol. The molecule has 1 aromatic carbocycles. The van der Waals surface area contributed by atoms with Gasteiger partial charge in [0.15, 0.2) is 0 Å². The van der Waals surface area contributed by atoms with Gasteiger partial charge in [0, 0.05) is 23.7 Å². The van der Waals surface area contributed by atoms with Gasteiger partial charge in [-0.15, -0.1) is 5.10 Å². The SMILES string of the molecule is CCOC(=O)OC[C@H]1O[C@@H](Oc2nn(C(C)C)c(C)c2Cc2ccc(Br)c(F)c2)[C@H](O)[C@@H](O)[C@@H]1O. The highest BCUT2D eigenvalue weighted by atomic mass is 79.9. The third-order valence-corrected chi connectivity index (χ3v) is 6.26. The van der Waals surface area contributed by atoms with E-state index in [9.17, 15) is 24.5 Å². The van der Waals surface area contributed by atoms with Crippen molar-refractivity contribution in [2.24, 2.45) is 0 Å².